The van der Waals surface area contributed by atoms with E-state index in [1.165, 1.54) is 12.1 Å². The lowest BCUT2D eigenvalue weighted by atomic mass is 9.93. The van der Waals surface area contributed by atoms with Crippen molar-refractivity contribution in [2.75, 3.05) is 18.5 Å². The van der Waals surface area contributed by atoms with E-state index in [4.69, 9.17) is 14.9 Å². The third-order valence-electron chi connectivity index (χ3n) is 4.84. The summed E-state index contributed by atoms with van der Waals surface area (Å²) in [6, 6.07) is 8.39. The highest BCUT2D eigenvalue weighted by atomic mass is 19.4. The van der Waals surface area contributed by atoms with Crippen molar-refractivity contribution in [3.63, 3.8) is 0 Å². The monoisotopic (exact) mass is 429 g/mol. The number of carbonyl (C=O) groups excluding carboxylic acids is 1. The molecule has 31 heavy (non-hydrogen) atoms. The summed E-state index contributed by atoms with van der Waals surface area (Å²) in [6.07, 6.45) is -2.65. The molecular formula is C21H18F3N5O2. The van der Waals surface area contributed by atoms with Gasteiger partial charge in [-0.15, -0.1) is 0 Å². The second-order valence-corrected chi connectivity index (χ2v) is 6.93. The highest BCUT2D eigenvalue weighted by molar-refractivity contribution is 6.06. The van der Waals surface area contributed by atoms with Crippen LogP contribution in [-0.2, 0) is 12.6 Å². The number of amides is 1. The van der Waals surface area contributed by atoms with E-state index in [-0.39, 0.29) is 24.5 Å². The summed E-state index contributed by atoms with van der Waals surface area (Å²) in [5.41, 5.74) is 3.76. The summed E-state index contributed by atoms with van der Waals surface area (Å²) < 4.78 is 44.5. The van der Waals surface area contributed by atoms with E-state index in [1.807, 2.05) is 12.1 Å². The maximum absolute atomic E-state index is 12.9. The van der Waals surface area contributed by atoms with Gasteiger partial charge in [-0.05, 0) is 38.0 Å². The predicted molar refractivity (Wildman–Crippen MR) is 105 cm³/mol. The molecule has 0 fully saturated rings. The number of anilines is 1. The average Bonchev–Trinajstić information content (AvgIpc) is 3.08. The number of rotatable bonds is 5. The van der Waals surface area contributed by atoms with Gasteiger partial charge in [-0.2, -0.15) is 28.8 Å². The van der Waals surface area contributed by atoms with E-state index in [2.05, 4.69) is 10.5 Å². The Bertz CT molecular complexity index is 1090. The second-order valence-electron chi connectivity index (χ2n) is 6.93. The first kappa shape index (κ1) is 21.9. The van der Waals surface area contributed by atoms with Gasteiger partial charge in [0.25, 0.3) is 5.91 Å². The summed E-state index contributed by atoms with van der Waals surface area (Å²) in [5, 5.41) is 22.1. The molecule has 0 saturated carbocycles. The van der Waals surface area contributed by atoms with Crippen molar-refractivity contribution < 1.29 is 22.4 Å². The molecule has 1 heterocycles. The van der Waals surface area contributed by atoms with Crippen LogP contribution < -0.4 is 5.43 Å². The summed E-state index contributed by atoms with van der Waals surface area (Å²) in [4.78, 5) is 13.8. The number of nitrogens with one attached hydrogen (secondary N) is 1. The molecule has 2 aromatic rings. The van der Waals surface area contributed by atoms with Crippen molar-refractivity contribution in [1.29, 1.82) is 10.5 Å². The molecule has 7 nitrogen and oxygen atoms in total. The quantitative estimate of drug-likeness (QED) is 0.565. The molecular weight excluding hydrogens is 411 g/mol. The van der Waals surface area contributed by atoms with Crippen LogP contribution in [0.4, 0.5) is 18.9 Å². The van der Waals surface area contributed by atoms with Gasteiger partial charge >= 0.3 is 6.18 Å². The van der Waals surface area contributed by atoms with Crippen LogP contribution in [-0.4, -0.2) is 29.6 Å². The van der Waals surface area contributed by atoms with E-state index in [1.54, 1.807) is 6.92 Å². The third-order valence-corrected chi connectivity index (χ3v) is 4.84. The van der Waals surface area contributed by atoms with Crippen LogP contribution in [0.3, 0.4) is 0 Å². The number of fused-ring (bicyclic) bond motifs is 1. The smallest absolute Gasteiger partial charge is 0.416 e. The zero-order valence-electron chi connectivity index (χ0n) is 16.6. The molecule has 1 aromatic heterocycles. The van der Waals surface area contributed by atoms with E-state index < -0.39 is 17.6 Å². The summed E-state index contributed by atoms with van der Waals surface area (Å²) >= 11 is 0. The molecule has 0 radical (unpaired) electrons. The van der Waals surface area contributed by atoms with Crippen LogP contribution in [0.1, 0.15) is 45.8 Å². The van der Waals surface area contributed by atoms with E-state index in [0.717, 1.165) is 17.0 Å². The maximum atomic E-state index is 12.9. The minimum atomic E-state index is -4.46. The number of nitrogens with zero attached hydrogens (tertiary/aromatic N) is 4. The highest BCUT2D eigenvalue weighted by Crippen LogP contribution is 2.32. The molecule has 1 aliphatic carbocycles. The zero-order valence-corrected chi connectivity index (χ0v) is 16.6. The number of carbonyl (C=O) groups is 1. The number of furan rings is 1. The molecule has 0 spiro atoms. The van der Waals surface area contributed by atoms with Gasteiger partial charge in [-0.3, -0.25) is 10.2 Å². The van der Waals surface area contributed by atoms with Crippen molar-refractivity contribution in [2.45, 2.75) is 32.4 Å². The van der Waals surface area contributed by atoms with Crippen molar-refractivity contribution in [1.82, 2.24) is 4.90 Å². The molecule has 0 aliphatic heterocycles. The average molecular weight is 429 g/mol. The van der Waals surface area contributed by atoms with Crippen molar-refractivity contribution in [2.24, 2.45) is 5.10 Å². The van der Waals surface area contributed by atoms with Gasteiger partial charge in [0.05, 0.1) is 29.1 Å². The molecule has 0 unspecified atom stereocenters. The molecule has 160 valence electrons. The summed E-state index contributed by atoms with van der Waals surface area (Å²) in [5.74, 6) is 0.00918. The van der Waals surface area contributed by atoms with Gasteiger partial charge in [-0.25, -0.2) is 0 Å². The molecule has 1 amide bonds. The first-order valence-electron chi connectivity index (χ1n) is 9.42. The molecule has 1 aliphatic rings. The lowest BCUT2D eigenvalue weighted by Crippen LogP contribution is -2.32. The fourth-order valence-corrected chi connectivity index (χ4v) is 3.40. The zero-order chi connectivity index (χ0) is 22.6. The van der Waals surface area contributed by atoms with E-state index in [9.17, 15) is 18.0 Å². The SMILES string of the molecule is Cc1c(C(=O)N(CC#N)CC#N)oc2c1/C(=N/Nc1cccc(C(F)(F)F)c1)CCC2. The van der Waals surface area contributed by atoms with Crippen LogP contribution in [0, 0.1) is 29.6 Å². The Labute approximate surface area is 176 Å². The Morgan fingerprint density at radius 1 is 1.26 bits per heavy atom. The number of hydrogen-bond acceptors (Lipinski definition) is 6. The Hall–Kier alpha value is -3.79. The predicted octanol–water partition coefficient (Wildman–Crippen LogP) is 4.25. The normalized spacial score (nSPS) is 14.5. The first-order valence-corrected chi connectivity index (χ1v) is 9.42. The third kappa shape index (κ3) is 4.69. The van der Waals surface area contributed by atoms with Crippen LogP contribution >= 0.6 is 0 Å². The lowest BCUT2D eigenvalue weighted by molar-refractivity contribution is -0.137. The number of aryl methyl sites for hydroxylation is 1. The number of benzene rings is 1. The topological polar surface area (TPSA) is 105 Å². The van der Waals surface area contributed by atoms with Crippen LogP contribution in [0.25, 0.3) is 0 Å². The van der Waals surface area contributed by atoms with Crippen molar-refractivity contribution in [3.05, 3.63) is 52.5 Å². The van der Waals surface area contributed by atoms with E-state index in [0.29, 0.717) is 41.9 Å². The van der Waals surface area contributed by atoms with Gasteiger partial charge in [0.2, 0.25) is 0 Å². The minimum Gasteiger partial charge on any atom is -0.455 e. The second kappa shape index (κ2) is 8.92. The van der Waals surface area contributed by atoms with Gasteiger partial charge in [-0.1, -0.05) is 6.07 Å². The standard InChI is InChI=1S/C21H18F3N5O2/c1-13-18-16(28-27-15-5-2-4-14(12-15)21(22,23)24)6-3-7-17(18)31-19(13)20(30)29(10-8-25)11-9-26/h2,4-5,12,27H,3,6-7,10-11H2,1H3/b28-16+. The molecule has 0 saturated heterocycles. The number of nitriles is 2. The van der Waals surface area contributed by atoms with Crippen LogP contribution in [0.2, 0.25) is 0 Å². The first-order chi connectivity index (χ1) is 14.8. The largest absolute Gasteiger partial charge is 0.455 e. The summed E-state index contributed by atoms with van der Waals surface area (Å²) in [7, 11) is 0. The lowest BCUT2D eigenvalue weighted by Gasteiger charge is -2.15. The fraction of sp³-hybridized carbons (Fsp3) is 0.333. The Morgan fingerprint density at radius 2 is 1.97 bits per heavy atom. The molecule has 0 bridgehead atoms. The molecule has 3 rings (SSSR count). The Kier molecular flexibility index (Phi) is 6.30. The highest BCUT2D eigenvalue weighted by Gasteiger charge is 2.31. The van der Waals surface area contributed by atoms with Crippen molar-refractivity contribution in [3.8, 4) is 12.1 Å². The molecule has 1 N–H and O–H groups in total. The number of alkyl halides is 3. The van der Waals surface area contributed by atoms with Crippen LogP contribution in [0.15, 0.2) is 33.8 Å². The van der Waals surface area contributed by atoms with Gasteiger partial charge < -0.3 is 9.32 Å². The van der Waals surface area contributed by atoms with Crippen molar-refractivity contribution >= 4 is 17.3 Å². The van der Waals surface area contributed by atoms with Gasteiger partial charge in [0, 0.05) is 17.5 Å². The van der Waals surface area contributed by atoms with Crippen LogP contribution in [0.5, 0.6) is 0 Å². The Balaban J connectivity index is 1.91. The maximum Gasteiger partial charge on any atom is 0.416 e. The number of hydrazone groups is 1. The summed E-state index contributed by atoms with van der Waals surface area (Å²) in [6.45, 7) is 1.17. The van der Waals surface area contributed by atoms with E-state index >= 15 is 0 Å². The number of halogens is 3. The fourth-order valence-electron chi connectivity index (χ4n) is 3.40. The molecule has 0 atom stereocenters. The molecule has 10 heteroatoms. The molecule has 1 aromatic carbocycles. The number of hydrogen-bond donors (Lipinski definition) is 1. The van der Waals surface area contributed by atoms with Gasteiger partial charge in [0.15, 0.2) is 5.76 Å². The van der Waals surface area contributed by atoms with Gasteiger partial charge in [0.1, 0.15) is 18.8 Å². The Morgan fingerprint density at radius 3 is 2.61 bits per heavy atom. The minimum absolute atomic E-state index is 0.0316.